The third-order valence-electron chi connectivity index (χ3n) is 2.79. The number of hydrogen-bond donors (Lipinski definition) is 2. The van der Waals surface area contributed by atoms with Gasteiger partial charge in [-0.3, -0.25) is 9.78 Å². The fraction of sp³-hybridized carbons (Fsp3) is 0.200. The first-order valence-electron chi connectivity index (χ1n) is 6.17. The van der Waals surface area contributed by atoms with Gasteiger partial charge in [0.05, 0.1) is 0 Å². The number of aryl methyl sites for hydroxylation is 1. The number of amides is 1. The molecule has 4 heteroatoms. The molecule has 0 aliphatic carbocycles. The maximum absolute atomic E-state index is 12.2. The van der Waals surface area contributed by atoms with Crippen LogP contribution in [0.4, 0.5) is 5.69 Å². The second-order valence-corrected chi connectivity index (χ2v) is 4.33. The van der Waals surface area contributed by atoms with Gasteiger partial charge in [-0.2, -0.15) is 0 Å². The van der Waals surface area contributed by atoms with Crippen LogP contribution in [0.5, 0.6) is 0 Å². The summed E-state index contributed by atoms with van der Waals surface area (Å²) in [5.41, 5.74) is 3.34. The molecule has 0 spiro atoms. The SMILES string of the molecule is CNCc1ccccc1NC(=O)c1ccnc(C)c1. The van der Waals surface area contributed by atoms with Crippen LogP contribution in [0.1, 0.15) is 21.6 Å². The molecule has 19 heavy (non-hydrogen) atoms. The van der Waals surface area contributed by atoms with Gasteiger partial charge < -0.3 is 10.6 Å². The molecule has 0 atom stereocenters. The highest BCUT2D eigenvalue weighted by molar-refractivity contribution is 6.04. The Morgan fingerprint density at radius 1 is 1.26 bits per heavy atom. The van der Waals surface area contributed by atoms with E-state index in [-0.39, 0.29) is 5.91 Å². The Hall–Kier alpha value is -2.20. The van der Waals surface area contributed by atoms with Gasteiger partial charge in [0, 0.05) is 29.7 Å². The lowest BCUT2D eigenvalue weighted by molar-refractivity contribution is 0.102. The number of nitrogens with zero attached hydrogens (tertiary/aromatic N) is 1. The molecule has 0 saturated heterocycles. The molecule has 1 aromatic carbocycles. The first-order valence-corrected chi connectivity index (χ1v) is 6.17. The topological polar surface area (TPSA) is 54.0 Å². The molecule has 0 unspecified atom stereocenters. The van der Waals surface area contributed by atoms with Crippen LogP contribution in [0.3, 0.4) is 0 Å². The Morgan fingerprint density at radius 3 is 2.79 bits per heavy atom. The number of pyridine rings is 1. The Kier molecular flexibility index (Phi) is 4.26. The van der Waals surface area contributed by atoms with Crippen molar-refractivity contribution in [2.24, 2.45) is 0 Å². The minimum atomic E-state index is -0.117. The van der Waals surface area contributed by atoms with E-state index in [0.29, 0.717) is 12.1 Å². The molecular weight excluding hydrogens is 238 g/mol. The first kappa shape index (κ1) is 13.2. The molecule has 0 saturated carbocycles. The number of carbonyl (C=O) groups excluding carboxylic acids is 1. The number of nitrogens with one attached hydrogen (secondary N) is 2. The van der Waals surface area contributed by atoms with Gasteiger partial charge in [-0.15, -0.1) is 0 Å². The molecule has 0 aliphatic heterocycles. The number of aromatic nitrogens is 1. The van der Waals surface area contributed by atoms with E-state index in [1.165, 1.54) is 0 Å². The van der Waals surface area contributed by atoms with Crippen LogP contribution < -0.4 is 10.6 Å². The lowest BCUT2D eigenvalue weighted by Crippen LogP contribution is -2.15. The van der Waals surface area contributed by atoms with Gasteiger partial charge in [0.1, 0.15) is 0 Å². The standard InChI is InChI=1S/C15H17N3O/c1-11-9-12(7-8-17-11)15(19)18-14-6-4-3-5-13(14)10-16-2/h3-9,16H,10H2,1-2H3,(H,18,19). The van der Waals surface area contributed by atoms with E-state index in [2.05, 4.69) is 15.6 Å². The fourth-order valence-electron chi connectivity index (χ4n) is 1.87. The van der Waals surface area contributed by atoms with Gasteiger partial charge in [0.25, 0.3) is 5.91 Å². The maximum Gasteiger partial charge on any atom is 0.255 e. The van der Waals surface area contributed by atoms with Crippen molar-refractivity contribution in [2.75, 3.05) is 12.4 Å². The Morgan fingerprint density at radius 2 is 2.05 bits per heavy atom. The molecule has 98 valence electrons. The smallest absolute Gasteiger partial charge is 0.255 e. The monoisotopic (exact) mass is 255 g/mol. The Balaban J connectivity index is 2.19. The van der Waals surface area contributed by atoms with E-state index >= 15 is 0 Å². The predicted molar refractivity (Wildman–Crippen MR) is 76.1 cm³/mol. The number of benzene rings is 1. The van der Waals surface area contributed by atoms with Crippen molar-refractivity contribution in [1.82, 2.24) is 10.3 Å². The average molecular weight is 255 g/mol. The van der Waals surface area contributed by atoms with Gasteiger partial charge in [0.15, 0.2) is 0 Å². The minimum absolute atomic E-state index is 0.117. The minimum Gasteiger partial charge on any atom is -0.322 e. The van der Waals surface area contributed by atoms with Crippen molar-refractivity contribution in [3.05, 3.63) is 59.4 Å². The van der Waals surface area contributed by atoms with E-state index in [1.807, 2.05) is 38.2 Å². The van der Waals surface area contributed by atoms with Gasteiger partial charge in [-0.25, -0.2) is 0 Å². The third-order valence-corrected chi connectivity index (χ3v) is 2.79. The maximum atomic E-state index is 12.2. The van der Waals surface area contributed by atoms with Gasteiger partial charge in [0.2, 0.25) is 0 Å². The van der Waals surface area contributed by atoms with Crippen molar-refractivity contribution in [1.29, 1.82) is 0 Å². The molecule has 0 aliphatic rings. The molecule has 1 amide bonds. The van der Waals surface area contributed by atoms with E-state index in [9.17, 15) is 4.79 Å². The summed E-state index contributed by atoms with van der Waals surface area (Å²) >= 11 is 0. The highest BCUT2D eigenvalue weighted by Crippen LogP contribution is 2.16. The molecule has 2 N–H and O–H groups in total. The number of para-hydroxylation sites is 1. The van der Waals surface area contributed by atoms with Crippen molar-refractivity contribution < 1.29 is 4.79 Å². The third kappa shape index (κ3) is 3.39. The van der Waals surface area contributed by atoms with Crippen LogP contribution >= 0.6 is 0 Å². The Bertz CT molecular complexity index is 581. The van der Waals surface area contributed by atoms with Gasteiger partial charge in [-0.1, -0.05) is 18.2 Å². The number of carbonyl (C=O) groups is 1. The highest BCUT2D eigenvalue weighted by Gasteiger charge is 2.08. The summed E-state index contributed by atoms with van der Waals surface area (Å²) in [6.07, 6.45) is 1.64. The van der Waals surface area contributed by atoms with Crippen LogP contribution in [0.25, 0.3) is 0 Å². The fourth-order valence-corrected chi connectivity index (χ4v) is 1.87. The summed E-state index contributed by atoms with van der Waals surface area (Å²) in [6, 6.07) is 11.2. The zero-order valence-corrected chi connectivity index (χ0v) is 11.1. The molecule has 1 aromatic heterocycles. The molecule has 2 rings (SSSR count). The van der Waals surface area contributed by atoms with Crippen LogP contribution in [0.15, 0.2) is 42.6 Å². The van der Waals surface area contributed by atoms with Crippen molar-refractivity contribution in [3.63, 3.8) is 0 Å². The molecule has 0 radical (unpaired) electrons. The second kappa shape index (κ2) is 6.11. The summed E-state index contributed by atoms with van der Waals surface area (Å²) < 4.78 is 0. The van der Waals surface area contributed by atoms with E-state index in [1.54, 1.807) is 18.3 Å². The zero-order valence-electron chi connectivity index (χ0n) is 11.1. The highest BCUT2D eigenvalue weighted by atomic mass is 16.1. The lowest BCUT2D eigenvalue weighted by atomic mass is 10.1. The normalized spacial score (nSPS) is 10.2. The van der Waals surface area contributed by atoms with Crippen LogP contribution in [0.2, 0.25) is 0 Å². The van der Waals surface area contributed by atoms with E-state index < -0.39 is 0 Å². The van der Waals surface area contributed by atoms with Gasteiger partial charge in [-0.05, 0) is 37.7 Å². The molecule has 0 bridgehead atoms. The Labute approximate surface area is 112 Å². The number of anilines is 1. The van der Waals surface area contributed by atoms with Crippen LogP contribution in [-0.2, 0) is 6.54 Å². The van der Waals surface area contributed by atoms with Crippen molar-refractivity contribution in [3.8, 4) is 0 Å². The molecule has 4 nitrogen and oxygen atoms in total. The quantitative estimate of drug-likeness (QED) is 0.881. The first-order chi connectivity index (χ1) is 9.20. The van der Waals surface area contributed by atoms with E-state index in [0.717, 1.165) is 16.9 Å². The number of rotatable bonds is 4. The van der Waals surface area contributed by atoms with Crippen molar-refractivity contribution >= 4 is 11.6 Å². The largest absolute Gasteiger partial charge is 0.322 e. The summed E-state index contributed by atoms with van der Waals surface area (Å²) in [5.74, 6) is -0.117. The summed E-state index contributed by atoms with van der Waals surface area (Å²) in [6.45, 7) is 2.58. The average Bonchev–Trinajstić information content (AvgIpc) is 2.41. The summed E-state index contributed by atoms with van der Waals surface area (Å²) in [7, 11) is 1.88. The number of hydrogen-bond acceptors (Lipinski definition) is 3. The lowest BCUT2D eigenvalue weighted by Gasteiger charge is -2.10. The summed E-state index contributed by atoms with van der Waals surface area (Å²) in [4.78, 5) is 16.2. The van der Waals surface area contributed by atoms with Crippen molar-refractivity contribution in [2.45, 2.75) is 13.5 Å². The zero-order chi connectivity index (χ0) is 13.7. The van der Waals surface area contributed by atoms with Crippen LogP contribution in [0, 0.1) is 6.92 Å². The predicted octanol–water partition coefficient (Wildman–Crippen LogP) is 2.36. The molecule has 1 heterocycles. The second-order valence-electron chi connectivity index (χ2n) is 4.33. The van der Waals surface area contributed by atoms with Gasteiger partial charge >= 0.3 is 0 Å². The molecular formula is C15H17N3O. The molecule has 2 aromatic rings. The molecule has 0 fully saturated rings. The van der Waals surface area contributed by atoms with Crippen LogP contribution in [-0.4, -0.2) is 17.9 Å². The van der Waals surface area contributed by atoms with E-state index in [4.69, 9.17) is 0 Å². The summed E-state index contributed by atoms with van der Waals surface area (Å²) in [5, 5.41) is 6.02.